The first-order valence-electron chi connectivity index (χ1n) is 6.15. The van der Waals surface area contributed by atoms with Crippen LogP contribution in [0.1, 0.15) is 35.1 Å². The van der Waals surface area contributed by atoms with Crippen molar-refractivity contribution in [2.24, 2.45) is 0 Å². The summed E-state index contributed by atoms with van der Waals surface area (Å²) in [6.07, 6.45) is 1.88. The molecule has 0 fully saturated rings. The van der Waals surface area contributed by atoms with Gasteiger partial charge in [-0.15, -0.1) is 11.3 Å². The molecule has 0 aliphatic carbocycles. The number of nitrogens with one attached hydrogen (secondary N) is 1. The highest BCUT2D eigenvalue weighted by Gasteiger charge is 2.22. The lowest BCUT2D eigenvalue weighted by Gasteiger charge is -2.28. The van der Waals surface area contributed by atoms with Crippen LogP contribution in [0.4, 0.5) is 0 Å². The summed E-state index contributed by atoms with van der Waals surface area (Å²) in [4.78, 5) is 4.39. The van der Waals surface area contributed by atoms with Gasteiger partial charge < -0.3 is 5.32 Å². The summed E-state index contributed by atoms with van der Waals surface area (Å²) >= 11 is 3.73. The fourth-order valence-corrected chi connectivity index (χ4v) is 4.11. The van der Waals surface area contributed by atoms with Crippen molar-refractivity contribution in [2.75, 3.05) is 5.75 Å². The number of benzene rings is 1. The Kier molecular flexibility index (Phi) is 3.68. The van der Waals surface area contributed by atoms with Crippen LogP contribution in [0.2, 0.25) is 0 Å². The van der Waals surface area contributed by atoms with Crippen LogP contribution in [0.5, 0.6) is 0 Å². The lowest BCUT2D eigenvalue weighted by Crippen LogP contribution is -2.29. The normalized spacial score (nSPS) is 20.4. The first kappa shape index (κ1) is 12.2. The van der Waals surface area contributed by atoms with E-state index in [4.69, 9.17) is 0 Å². The Morgan fingerprint density at radius 1 is 1.39 bits per heavy atom. The van der Waals surface area contributed by atoms with Crippen molar-refractivity contribution in [1.82, 2.24) is 10.3 Å². The second-order valence-corrected chi connectivity index (χ2v) is 6.48. The minimum atomic E-state index is 0.321. The molecule has 1 aromatic carbocycles. The number of fused-ring (bicyclic) bond motifs is 1. The zero-order chi connectivity index (χ0) is 12.4. The van der Waals surface area contributed by atoms with E-state index < -0.39 is 0 Å². The van der Waals surface area contributed by atoms with Gasteiger partial charge in [-0.05, 0) is 18.1 Å². The fourth-order valence-electron chi connectivity index (χ4n) is 2.34. The summed E-state index contributed by atoms with van der Waals surface area (Å²) in [5.41, 5.74) is 2.93. The Labute approximate surface area is 116 Å². The minimum Gasteiger partial charge on any atom is -0.300 e. The number of hydrogen-bond acceptors (Lipinski definition) is 4. The molecule has 18 heavy (non-hydrogen) atoms. The summed E-state index contributed by atoms with van der Waals surface area (Å²) in [5, 5.41) is 6.91. The molecule has 1 aromatic heterocycles. The standard InChI is InChI=1S/C14H16N2S2/c1-10(14-15-6-7-18-14)16-13-9-17-8-11-4-2-3-5-12(11)13/h2-7,10,13,16H,8-9H2,1H3. The molecule has 2 heterocycles. The number of rotatable bonds is 3. The Balaban J connectivity index is 1.78. The number of hydrogen-bond donors (Lipinski definition) is 1. The first-order chi connectivity index (χ1) is 8.84. The van der Waals surface area contributed by atoms with E-state index >= 15 is 0 Å². The van der Waals surface area contributed by atoms with Gasteiger partial charge in [0.1, 0.15) is 5.01 Å². The van der Waals surface area contributed by atoms with Gasteiger partial charge in [0.05, 0.1) is 6.04 Å². The van der Waals surface area contributed by atoms with Gasteiger partial charge in [0.2, 0.25) is 0 Å². The van der Waals surface area contributed by atoms with Crippen LogP contribution >= 0.6 is 23.1 Å². The van der Waals surface area contributed by atoms with Crippen molar-refractivity contribution in [3.63, 3.8) is 0 Å². The summed E-state index contributed by atoms with van der Waals surface area (Å²) < 4.78 is 0. The topological polar surface area (TPSA) is 24.9 Å². The van der Waals surface area contributed by atoms with Gasteiger partial charge in [0.25, 0.3) is 0 Å². The summed E-state index contributed by atoms with van der Waals surface area (Å²) in [5.74, 6) is 2.28. The smallest absolute Gasteiger partial charge is 0.109 e. The molecule has 2 nitrogen and oxygen atoms in total. The van der Waals surface area contributed by atoms with E-state index in [9.17, 15) is 0 Å². The van der Waals surface area contributed by atoms with Crippen molar-refractivity contribution in [3.05, 3.63) is 52.0 Å². The Bertz CT molecular complexity index is 510. The van der Waals surface area contributed by atoms with E-state index in [0.717, 1.165) is 11.5 Å². The Hall–Kier alpha value is -0.840. The van der Waals surface area contributed by atoms with Crippen molar-refractivity contribution >= 4 is 23.1 Å². The maximum Gasteiger partial charge on any atom is 0.109 e. The molecule has 1 aliphatic rings. The van der Waals surface area contributed by atoms with Gasteiger partial charge in [-0.3, -0.25) is 0 Å². The number of nitrogens with zero attached hydrogens (tertiary/aromatic N) is 1. The van der Waals surface area contributed by atoms with Crippen LogP contribution in [0.3, 0.4) is 0 Å². The molecule has 94 valence electrons. The van der Waals surface area contributed by atoms with E-state index in [1.807, 2.05) is 23.3 Å². The molecule has 0 bridgehead atoms. The van der Waals surface area contributed by atoms with E-state index in [2.05, 4.69) is 41.5 Å². The third-order valence-corrected chi connectivity index (χ3v) is 5.29. The lowest BCUT2D eigenvalue weighted by atomic mass is 10.0. The minimum absolute atomic E-state index is 0.321. The molecule has 0 saturated carbocycles. The van der Waals surface area contributed by atoms with Crippen LogP contribution in [0, 0.1) is 0 Å². The van der Waals surface area contributed by atoms with Crippen LogP contribution in [-0.4, -0.2) is 10.7 Å². The highest BCUT2D eigenvalue weighted by atomic mass is 32.2. The van der Waals surface area contributed by atoms with Gasteiger partial charge in [-0.1, -0.05) is 24.3 Å². The fraction of sp³-hybridized carbons (Fsp3) is 0.357. The van der Waals surface area contributed by atoms with Crippen LogP contribution in [0.15, 0.2) is 35.8 Å². The second-order valence-electron chi connectivity index (χ2n) is 4.53. The molecule has 0 radical (unpaired) electrons. The molecular formula is C14H16N2S2. The predicted molar refractivity (Wildman–Crippen MR) is 79.0 cm³/mol. The van der Waals surface area contributed by atoms with Crippen molar-refractivity contribution in [3.8, 4) is 0 Å². The average molecular weight is 276 g/mol. The van der Waals surface area contributed by atoms with Crippen LogP contribution in [-0.2, 0) is 5.75 Å². The zero-order valence-electron chi connectivity index (χ0n) is 10.3. The first-order valence-corrected chi connectivity index (χ1v) is 8.19. The molecule has 2 unspecified atom stereocenters. The maximum atomic E-state index is 4.39. The molecular weight excluding hydrogens is 260 g/mol. The molecule has 2 aromatic rings. The second kappa shape index (κ2) is 5.43. The molecule has 1 N–H and O–H groups in total. The molecule has 1 aliphatic heterocycles. The van der Waals surface area contributed by atoms with Crippen molar-refractivity contribution in [2.45, 2.75) is 24.8 Å². The maximum absolute atomic E-state index is 4.39. The van der Waals surface area contributed by atoms with Gasteiger partial charge in [0, 0.05) is 29.1 Å². The van der Waals surface area contributed by atoms with Crippen molar-refractivity contribution in [1.29, 1.82) is 0 Å². The SMILES string of the molecule is CC(NC1CSCc2ccccc21)c1nccs1. The van der Waals surface area contributed by atoms with E-state index in [1.54, 1.807) is 11.3 Å². The van der Waals surface area contributed by atoms with Gasteiger partial charge in [0.15, 0.2) is 0 Å². The summed E-state index contributed by atoms with van der Waals surface area (Å²) in [6, 6.07) is 9.52. The third kappa shape index (κ3) is 2.46. The molecule has 3 rings (SSSR count). The Morgan fingerprint density at radius 3 is 3.11 bits per heavy atom. The highest BCUT2D eigenvalue weighted by molar-refractivity contribution is 7.98. The van der Waals surface area contributed by atoms with Gasteiger partial charge >= 0.3 is 0 Å². The summed E-state index contributed by atoms with van der Waals surface area (Å²) in [7, 11) is 0. The average Bonchev–Trinajstić information content (AvgIpc) is 2.93. The zero-order valence-corrected chi connectivity index (χ0v) is 11.9. The molecule has 0 spiro atoms. The quantitative estimate of drug-likeness (QED) is 0.923. The molecule has 4 heteroatoms. The lowest BCUT2D eigenvalue weighted by molar-refractivity contribution is 0.494. The molecule has 0 amide bonds. The van der Waals surface area contributed by atoms with Gasteiger partial charge in [-0.2, -0.15) is 11.8 Å². The monoisotopic (exact) mass is 276 g/mol. The predicted octanol–water partition coefficient (Wildman–Crippen LogP) is 3.78. The largest absolute Gasteiger partial charge is 0.300 e. The number of aromatic nitrogens is 1. The number of thiazole rings is 1. The molecule has 2 atom stereocenters. The Morgan fingerprint density at radius 2 is 2.28 bits per heavy atom. The number of thioether (sulfide) groups is 1. The third-order valence-electron chi connectivity index (χ3n) is 3.25. The van der Waals surface area contributed by atoms with Gasteiger partial charge in [-0.25, -0.2) is 4.98 Å². The van der Waals surface area contributed by atoms with Crippen LogP contribution in [0.25, 0.3) is 0 Å². The van der Waals surface area contributed by atoms with E-state index in [0.29, 0.717) is 12.1 Å². The highest BCUT2D eigenvalue weighted by Crippen LogP contribution is 2.33. The van der Waals surface area contributed by atoms with Crippen LogP contribution < -0.4 is 5.32 Å². The van der Waals surface area contributed by atoms with Crippen molar-refractivity contribution < 1.29 is 0 Å². The van der Waals surface area contributed by atoms with E-state index in [1.165, 1.54) is 16.1 Å². The summed E-state index contributed by atoms with van der Waals surface area (Å²) in [6.45, 7) is 2.20. The van der Waals surface area contributed by atoms with E-state index in [-0.39, 0.29) is 0 Å². The molecule has 0 saturated heterocycles.